The average molecular weight is 158 g/mol. The van der Waals surface area contributed by atoms with E-state index < -0.39 is 0 Å². The van der Waals surface area contributed by atoms with E-state index >= 15 is 0 Å². The molecule has 11 heavy (non-hydrogen) atoms. The van der Waals surface area contributed by atoms with Gasteiger partial charge in [-0.3, -0.25) is 0 Å². The van der Waals surface area contributed by atoms with Crippen LogP contribution in [0.4, 0.5) is 0 Å². The fraction of sp³-hybridized carbons (Fsp3) is 0.333. The minimum Gasteiger partial charge on any atom is -0.779 e. The predicted octanol–water partition coefficient (Wildman–Crippen LogP) is -0.478. The molecule has 1 rings (SSSR count). The third-order valence-corrected chi connectivity index (χ3v) is 2.25. The van der Waals surface area contributed by atoms with E-state index in [1.807, 2.05) is 0 Å². The summed E-state index contributed by atoms with van der Waals surface area (Å²) < 4.78 is 0. The fourth-order valence-corrected chi connectivity index (χ4v) is 1.28. The number of hydrogen-bond acceptors (Lipinski definition) is 1. The first-order valence-corrected chi connectivity index (χ1v) is 3.77. The van der Waals surface area contributed by atoms with Crippen molar-refractivity contribution in [1.29, 1.82) is 0 Å². The number of benzene rings is 1. The van der Waals surface area contributed by atoms with E-state index in [4.69, 9.17) is 12.6 Å². The standard InChI is InChI=1S/C9H12S.Li/c1-6-4-7(2)9(10)8(3)5-6;/h4-5,10H,1-3H3;/q;+1/p-1. The van der Waals surface area contributed by atoms with Crippen molar-refractivity contribution in [2.45, 2.75) is 25.7 Å². The first-order chi connectivity index (χ1) is 4.61. The molecule has 0 radical (unpaired) electrons. The van der Waals surface area contributed by atoms with Gasteiger partial charge in [0, 0.05) is 0 Å². The molecule has 0 amide bonds. The van der Waals surface area contributed by atoms with Gasteiger partial charge in [0.1, 0.15) is 0 Å². The molecule has 1 aromatic carbocycles. The SMILES string of the molecule is Cc1cc(C)c([S-])c(C)c1.[Li+]. The molecule has 1 aromatic rings. The minimum atomic E-state index is 0. The summed E-state index contributed by atoms with van der Waals surface area (Å²) in [5.41, 5.74) is 3.73. The second-order valence-corrected chi connectivity index (χ2v) is 3.14. The summed E-state index contributed by atoms with van der Waals surface area (Å²) in [5, 5.41) is 0. The molecule has 0 nitrogen and oxygen atoms in total. The van der Waals surface area contributed by atoms with Crippen LogP contribution in [0.5, 0.6) is 0 Å². The van der Waals surface area contributed by atoms with Gasteiger partial charge in [-0.05, 0) is 20.8 Å². The summed E-state index contributed by atoms with van der Waals surface area (Å²) in [6, 6.07) is 4.24. The van der Waals surface area contributed by atoms with Crippen LogP contribution in [0.1, 0.15) is 16.7 Å². The Labute approximate surface area is 86.0 Å². The van der Waals surface area contributed by atoms with E-state index in [0.717, 1.165) is 4.90 Å². The molecule has 0 aliphatic carbocycles. The molecule has 0 fully saturated rings. The molecule has 54 valence electrons. The molecule has 0 heterocycles. The van der Waals surface area contributed by atoms with Gasteiger partial charge in [0.15, 0.2) is 0 Å². The molecular weight excluding hydrogens is 147 g/mol. The van der Waals surface area contributed by atoms with Crippen molar-refractivity contribution in [2.75, 3.05) is 0 Å². The van der Waals surface area contributed by atoms with Crippen molar-refractivity contribution >= 4 is 12.6 Å². The molecule has 0 aliphatic heterocycles. The van der Waals surface area contributed by atoms with Crippen LogP contribution in [-0.4, -0.2) is 0 Å². The Morgan fingerprint density at radius 3 is 1.73 bits per heavy atom. The molecule has 0 saturated carbocycles. The summed E-state index contributed by atoms with van der Waals surface area (Å²) in [7, 11) is 0. The minimum absolute atomic E-state index is 0. The Morgan fingerprint density at radius 1 is 1.00 bits per heavy atom. The normalized spacial score (nSPS) is 9.00. The zero-order chi connectivity index (χ0) is 7.72. The van der Waals surface area contributed by atoms with Gasteiger partial charge >= 0.3 is 18.9 Å². The number of aryl methyl sites for hydroxylation is 3. The van der Waals surface area contributed by atoms with Crippen LogP contribution in [-0.2, 0) is 12.6 Å². The molecule has 0 spiro atoms. The van der Waals surface area contributed by atoms with Gasteiger partial charge in [-0.1, -0.05) is 28.8 Å². The Bertz CT molecular complexity index is 233. The van der Waals surface area contributed by atoms with Crippen LogP contribution in [0.25, 0.3) is 0 Å². The Hall–Kier alpha value is 0.0374. The van der Waals surface area contributed by atoms with Gasteiger partial charge in [0.25, 0.3) is 0 Å². The second-order valence-electron chi connectivity index (χ2n) is 2.73. The number of hydrogen-bond donors (Lipinski definition) is 0. The van der Waals surface area contributed by atoms with Crippen LogP contribution >= 0.6 is 0 Å². The summed E-state index contributed by atoms with van der Waals surface area (Å²) >= 11 is 5.15. The van der Waals surface area contributed by atoms with Crippen molar-refractivity contribution in [2.24, 2.45) is 0 Å². The van der Waals surface area contributed by atoms with E-state index in [1.165, 1.54) is 16.7 Å². The molecule has 2 heteroatoms. The quantitative estimate of drug-likeness (QED) is 0.363. The van der Waals surface area contributed by atoms with Gasteiger partial charge < -0.3 is 12.6 Å². The molecule has 0 N–H and O–H groups in total. The third kappa shape index (κ3) is 2.52. The zero-order valence-corrected chi connectivity index (χ0v) is 8.38. The van der Waals surface area contributed by atoms with Gasteiger partial charge in [-0.25, -0.2) is 0 Å². The summed E-state index contributed by atoms with van der Waals surface area (Å²) in [6.07, 6.45) is 0. The maximum absolute atomic E-state index is 5.15. The molecule has 0 aliphatic rings. The van der Waals surface area contributed by atoms with Crippen LogP contribution < -0.4 is 18.9 Å². The van der Waals surface area contributed by atoms with Crippen LogP contribution in [0, 0.1) is 20.8 Å². The van der Waals surface area contributed by atoms with Crippen LogP contribution in [0.2, 0.25) is 0 Å². The summed E-state index contributed by atoms with van der Waals surface area (Å²) in [4.78, 5) is 1.01. The smallest absolute Gasteiger partial charge is 0.779 e. The van der Waals surface area contributed by atoms with Crippen molar-refractivity contribution in [3.8, 4) is 0 Å². The van der Waals surface area contributed by atoms with Crippen molar-refractivity contribution in [1.82, 2.24) is 0 Å². The Kier molecular flexibility index (Phi) is 4.17. The molecule has 0 aromatic heterocycles. The first kappa shape index (κ1) is 11.0. The fourth-order valence-electron chi connectivity index (χ4n) is 1.17. The van der Waals surface area contributed by atoms with Gasteiger partial charge in [-0.2, -0.15) is 4.90 Å². The monoisotopic (exact) mass is 158 g/mol. The van der Waals surface area contributed by atoms with E-state index in [2.05, 4.69) is 32.9 Å². The van der Waals surface area contributed by atoms with E-state index in [-0.39, 0.29) is 18.9 Å². The van der Waals surface area contributed by atoms with Gasteiger partial charge in [-0.15, -0.1) is 0 Å². The van der Waals surface area contributed by atoms with E-state index in [1.54, 1.807) is 0 Å². The van der Waals surface area contributed by atoms with E-state index in [0.29, 0.717) is 0 Å². The average Bonchev–Trinajstić information content (AvgIpc) is 1.82. The summed E-state index contributed by atoms with van der Waals surface area (Å²) in [5.74, 6) is 0. The summed E-state index contributed by atoms with van der Waals surface area (Å²) in [6.45, 7) is 6.21. The zero-order valence-electron chi connectivity index (χ0n) is 7.56. The first-order valence-electron chi connectivity index (χ1n) is 3.36. The maximum Gasteiger partial charge on any atom is 1.00 e. The predicted molar refractivity (Wildman–Crippen MR) is 46.3 cm³/mol. The molecule has 0 saturated heterocycles. The third-order valence-electron chi connectivity index (χ3n) is 1.60. The Morgan fingerprint density at radius 2 is 1.36 bits per heavy atom. The van der Waals surface area contributed by atoms with Crippen molar-refractivity contribution in [3.63, 3.8) is 0 Å². The Balaban J connectivity index is 0.000001000. The number of rotatable bonds is 0. The molecular formula is C9H11LiS. The molecule has 0 bridgehead atoms. The van der Waals surface area contributed by atoms with Gasteiger partial charge in [0.05, 0.1) is 0 Å². The molecule has 0 atom stereocenters. The molecule has 0 unspecified atom stereocenters. The maximum atomic E-state index is 5.15. The van der Waals surface area contributed by atoms with Crippen LogP contribution in [0.15, 0.2) is 17.0 Å². The van der Waals surface area contributed by atoms with Crippen molar-refractivity contribution < 1.29 is 18.9 Å². The van der Waals surface area contributed by atoms with Gasteiger partial charge in [0.2, 0.25) is 0 Å². The topological polar surface area (TPSA) is 0 Å². The van der Waals surface area contributed by atoms with E-state index in [9.17, 15) is 0 Å². The van der Waals surface area contributed by atoms with Crippen LogP contribution in [0.3, 0.4) is 0 Å². The van der Waals surface area contributed by atoms with Crippen molar-refractivity contribution in [3.05, 3.63) is 28.8 Å². The second kappa shape index (κ2) is 4.16. The largest absolute Gasteiger partial charge is 1.00 e.